The Kier molecular flexibility index (Phi) is 7.33. The largest absolute Gasteiger partial charge is 0.340 e. The highest BCUT2D eigenvalue weighted by Gasteiger charge is 2.24. The zero-order chi connectivity index (χ0) is 20.0. The lowest BCUT2D eigenvalue weighted by atomic mass is 10.0. The number of carbonyl (C=O) groups is 2. The summed E-state index contributed by atoms with van der Waals surface area (Å²) in [6, 6.07) is 9.28. The third-order valence-electron chi connectivity index (χ3n) is 3.68. The third-order valence-corrected chi connectivity index (χ3v) is 4.41. The molecule has 0 aromatic heterocycles. The second-order valence-electron chi connectivity index (χ2n) is 6.11. The Morgan fingerprint density at radius 1 is 1.07 bits per heavy atom. The molecule has 0 spiro atoms. The lowest BCUT2D eigenvalue weighted by molar-refractivity contribution is -0.123. The van der Waals surface area contributed by atoms with Gasteiger partial charge >= 0.3 is 0 Å². The highest BCUT2D eigenvalue weighted by Crippen LogP contribution is 2.22. The molecule has 142 valence electrons. The van der Waals surface area contributed by atoms with Crippen LogP contribution in [0.1, 0.15) is 29.8 Å². The maximum atomic E-state index is 12.9. The molecule has 0 fully saturated rings. The standard InChI is InChI=1S/C19H18Cl2FN3O2/c1-11(2)17(24-18(26)13-5-8-15(20)16(21)9-13)19(27)25-23-10-12-3-6-14(22)7-4-12/h3-11,17H,1-2H3,(H,24,26)(H,25,27). The average Bonchev–Trinajstić information content (AvgIpc) is 2.63. The van der Waals surface area contributed by atoms with Gasteiger partial charge in [0.25, 0.3) is 11.8 Å². The van der Waals surface area contributed by atoms with Crippen LogP contribution in [0.25, 0.3) is 0 Å². The Labute approximate surface area is 166 Å². The Hall–Kier alpha value is -2.44. The molecule has 27 heavy (non-hydrogen) atoms. The molecule has 1 atom stereocenters. The Morgan fingerprint density at radius 2 is 1.74 bits per heavy atom. The highest BCUT2D eigenvalue weighted by atomic mass is 35.5. The van der Waals surface area contributed by atoms with Gasteiger partial charge in [-0.1, -0.05) is 49.2 Å². The summed E-state index contributed by atoms with van der Waals surface area (Å²) in [6.45, 7) is 3.59. The van der Waals surface area contributed by atoms with Gasteiger partial charge in [0.15, 0.2) is 0 Å². The lowest BCUT2D eigenvalue weighted by Crippen LogP contribution is -2.48. The summed E-state index contributed by atoms with van der Waals surface area (Å²) < 4.78 is 12.9. The monoisotopic (exact) mass is 409 g/mol. The molecule has 2 N–H and O–H groups in total. The SMILES string of the molecule is CC(C)C(NC(=O)c1ccc(Cl)c(Cl)c1)C(=O)NN=Cc1ccc(F)cc1. The average molecular weight is 410 g/mol. The lowest BCUT2D eigenvalue weighted by Gasteiger charge is -2.20. The van der Waals surface area contributed by atoms with Gasteiger partial charge in [-0.05, 0) is 41.8 Å². The molecule has 5 nitrogen and oxygen atoms in total. The van der Waals surface area contributed by atoms with E-state index >= 15 is 0 Å². The minimum atomic E-state index is -0.808. The number of nitrogens with zero attached hydrogens (tertiary/aromatic N) is 1. The van der Waals surface area contributed by atoms with E-state index in [1.807, 2.05) is 0 Å². The summed E-state index contributed by atoms with van der Waals surface area (Å²) in [5.74, 6) is -1.47. The first-order valence-corrected chi connectivity index (χ1v) is 8.88. The first-order chi connectivity index (χ1) is 12.8. The van der Waals surface area contributed by atoms with Gasteiger partial charge in [-0.2, -0.15) is 5.10 Å². The second-order valence-corrected chi connectivity index (χ2v) is 6.92. The van der Waals surface area contributed by atoms with Crippen LogP contribution < -0.4 is 10.7 Å². The van der Waals surface area contributed by atoms with Crippen LogP contribution in [0.3, 0.4) is 0 Å². The van der Waals surface area contributed by atoms with Gasteiger partial charge in [0.1, 0.15) is 11.9 Å². The van der Waals surface area contributed by atoms with Crippen molar-refractivity contribution in [1.82, 2.24) is 10.7 Å². The molecule has 0 heterocycles. The summed E-state index contributed by atoms with van der Waals surface area (Å²) >= 11 is 11.8. The number of hydrogen-bond acceptors (Lipinski definition) is 3. The van der Waals surface area contributed by atoms with Crippen molar-refractivity contribution in [2.24, 2.45) is 11.0 Å². The van der Waals surface area contributed by atoms with E-state index in [4.69, 9.17) is 23.2 Å². The van der Waals surface area contributed by atoms with Crippen molar-refractivity contribution in [3.63, 3.8) is 0 Å². The summed E-state index contributed by atoms with van der Waals surface area (Å²) in [5.41, 5.74) is 3.29. The smallest absolute Gasteiger partial charge is 0.262 e. The molecule has 0 aliphatic carbocycles. The zero-order valence-corrected chi connectivity index (χ0v) is 16.2. The second kappa shape index (κ2) is 9.48. The van der Waals surface area contributed by atoms with Crippen molar-refractivity contribution in [2.75, 3.05) is 0 Å². The van der Waals surface area contributed by atoms with Crippen LogP contribution in [0.4, 0.5) is 4.39 Å². The van der Waals surface area contributed by atoms with Gasteiger partial charge in [0.2, 0.25) is 0 Å². The van der Waals surface area contributed by atoms with Crippen molar-refractivity contribution in [3.05, 3.63) is 69.5 Å². The molecule has 1 unspecified atom stereocenters. The van der Waals surface area contributed by atoms with E-state index in [-0.39, 0.29) is 22.3 Å². The zero-order valence-electron chi connectivity index (χ0n) is 14.7. The number of hydrogen-bond donors (Lipinski definition) is 2. The summed E-state index contributed by atoms with van der Waals surface area (Å²) in [6.07, 6.45) is 1.38. The molecule has 0 radical (unpaired) electrons. The fourth-order valence-electron chi connectivity index (χ4n) is 2.19. The number of nitrogens with one attached hydrogen (secondary N) is 2. The van der Waals surface area contributed by atoms with Gasteiger partial charge in [-0.15, -0.1) is 0 Å². The van der Waals surface area contributed by atoms with Crippen molar-refractivity contribution in [3.8, 4) is 0 Å². The Balaban J connectivity index is 2.02. The van der Waals surface area contributed by atoms with Crippen LogP contribution in [0, 0.1) is 11.7 Å². The van der Waals surface area contributed by atoms with E-state index in [1.165, 1.54) is 48.7 Å². The quantitative estimate of drug-likeness (QED) is 0.558. The summed E-state index contributed by atoms with van der Waals surface area (Å²) in [7, 11) is 0. The first kappa shape index (κ1) is 20.9. The molecule has 0 saturated heterocycles. The molecule has 2 aromatic carbocycles. The number of hydrazone groups is 1. The molecule has 0 aliphatic heterocycles. The predicted molar refractivity (Wildman–Crippen MR) is 105 cm³/mol. The predicted octanol–water partition coefficient (Wildman–Crippen LogP) is 4.04. The van der Waals surface area contributed by atoms with Crippen LogP contribution in [-0.4, -0.2) is 24.1 Å². The molecule has 2 amide bonds. The fraction of sp³-hybridized carbons (Fsp3) is 0.211. The number of halogens is 3. The van der Waals surface area contributed by atoms with E-state index in [9.17, 15) is 14.0 Å². The van der Waals surface area contributed by atoms with Gasteiger partial charge in [0, 0.05) is 5.56 Å². The maximum Gasteiger partial charge on any atom is 0.262 e. The molecule has 0 aliphatic rings. The Morgan fingerprint density at radius 3 is 2.33 bits per heavy atom. The van der Waals surface area contributed by atoms with Crippen molar-refractivity contribution in [1.29, 1.82) is 0 Å². The molecule has 0 saturated carbocycles. The number of amides is 2. The number of carbonyl (C=O) groups excluding carboxylic acids is 2. The van der Waals surface area contributed by atoms with E-state index in [0.29, 0.717) is 10.6 Å². The molecular formula is C19H18Cl2FN3O2. The van der Waals surface area contributed by atoms with Gasteiger partial charge in [-0.3, -0.25) is 9.59 Å². The topological polar surface area (TPSA) is 70.6 Å². The molecule has 8 heteroatoms. The van der Waals surface area contributed by atoms with Crippen molar-refractivity contribution < 1.29 is 14.0 Å². The minimum absolute atomic E-state index is 0.183. The summed E-state index contributed by atoms with van der Waals surface area (Å²) in [5, 5.41) is 7.09. The van der Waals surface area contributed by atoms with Crippen molar-refractivity contribution in [2.45, 2.75) is 19.9 Å². The van der Waals surface area contributed by atoms with Gasteiger partial charge in [-0.25, -0.2) is 9.82 Å². The molecule has 2 aromatic rings. The van der Waals surface area contributed by atoms with E-state index in [2.05, 4.69) is 15.8 Å². The van der Waals surface area contributed by atoms with E-state index in [1.54, 1.807) is 13.8 Å². The Bertz CT molecular complexity index is 855. The fourth-order valence-corrected chi connectivity index (χ4v) is 2.48. The van der Waals surface area contributed by atoms with Crippen LogP contribution in [0.15, 0.2) is 47.6 Å². The highest BCUT2D eigenvalue weighted by molar-refractivity contribution is 6.42. The minimum Gasteiger partial charge on any atom is -0.340 e. The molecule has 0 bridgehead atoms. The normalized spacial score (nSPS) is 12.2. The van der Waals surface area contributed by atoms with Crippen molar-refractivity contribution >= 4 is 41.2 Å². The van der Waals surface area contributed by atoms with E-state index in [0.717, 1.165) is 0 Å². The third kappa shape index (κ3) is 6.05. The van der Waals surface area contributed by atoms with E-state index < -0.39 is 17.9 Å². The van der Waals surface area contributed by atoms with Crippen LogP contribution in [0.5, 0.6) is 0 Å². The van der Waals surface area contributed by atoms with Gasteiger partial charge in [0.05, 0.1) is 16.3 Å². The van der Waals surface area contributed by atoms with Crippen LogP contribution in [-0.2, 0) is 4.79 Å². The number of benzene rings is 2. The molecule has 2 rings (SSSR count). The number of rotatable bonds is 6. The van der Waals surface area contributed by atoms with Crippen LogP contribution in [0.2, 0.25) is 10.0 Å². The first-order valence-electron chi connectivity index (χ1n) is 8.12. The van der Waals surface area contributed by atoms with Crippen LogP contribution >= 0.6 is 23.2 Å². The molecular weight excluding hydrogens is 392 g/mol. The van der Waals surface area contributed by atoms with Gasteiger partial charge < -0.3 is 5.32 Å². The maximum absolute atomic E-state index is 12.9. The summed E-state index contributed by atoms with van der Waals surface area (Å²) in [4.78, 5) is 24.8.